The highest BCUT2D eigenvalue weighted by Crippen LogP contribution is 2.15. The Morgan fingerprint density at radius 3 is 2.53 bits per heavy atom. The van der Waals surface area contributed by atoms with Crippen molar-refractivity contribution in [3.63, 3.8) is 0 Å². The predicted molar refractivity (Wildman–Crippen MR) is 59.9 cm³/mol. The lowest BCUT2D eigenvalue weighted by molar-refractivity contribution is -0.116. The molecule has 0 saturated heterocycles. The van der Waals surface area contributed by atoms with Crippen LogP contribution >= 0.6 is 11.6 Å². The Morgan fingerprint density at radius 1 is 1.47 bits per heavy atom. The summed E-state index contributed by atoms with van der Waals surface area (Å²) in [5.74, 6) is -0.377. The molecule has 0 aliphatic heterocycles. The van der Waals surface area contributed by atoms with Crippen LogP contribution in [0.4, 0.5) is 5.69 Å². The molecule has 0 bridgehead atoms. The van der Waals surface area contributed by atoms with Crippen LogP contribution < -0.4 is 4.90 Å². The second-order valence-corrected chi connectivity index (χ2v) is 3.37. The van der Waals surface area contributed by atoms with Crippen molar-refractivity contribution in [1.82, 2.24) is 0 Å². The van der Waals surface area contributed by atoms with E-state index in [9.17, 15) is 4.79 Å². The smallest absolute Gasteiger partial charge is 0.242 e. The average Bonchev–Trinajstić information content (AvgIpc) is 2.26. The van der Waals surface area contributed by atoms with E-state index in [4.69, 9.17) is 16.9 Å². The molecule has 1 aromatic rings. The van der Waals surface area contributed by atoms with Gasteiger partial charge >= 0.3 is 0 Å². The number of anilines is 1. The van der Waals surface area contributed by atoms with Gasteiger partial charge in [-0.25, -0.2) is 0 Å². The Balaban J connectivity index is 2.94. The number of rotatable bonds is 3. The standard InChI is InChI=1S/C11H11ClN2O/c1-9-2-4-10(5-3-9)14(7-6-13)11(15)8-12/h2-5H,7-8H2,1H3. The zero-order valence-corrected chi connectivity index (χ0v) is 9.16. The minimum Gasteiger partial charge on any atom is -0.298 e. The molecular formula is C11H11ClN2O. The van der Waals surface area contributed by atoms with Crippen molar-refractivity contribution in [3.8, 4) is 6.07 Å². The zero-order valence-electron chi connectivity index (χ0n) is 8.40. The fourth-order valence-electron chi connectivity index (χ4n) is 1.19. The average molecular weight is 223 g/mol. The van der Waals surface area contributed by atoms with Crippen LogP contribution in [-0.4, -0.2) is 18.3 Å². The van der Waals surface area contributed by atoms with Gasteiger partial charge in [-0.1, -0.05) is 17.7 Å². The fourth-order valence-corrected chi connectivity index (χ4v) is 1.34. The van der Waals surface area contributed by atoms with Gasteiger partial charge in [-0.3, -0.25) is 9.69 Å². The highest BCUT2D eigenvalue weighted by Gasteiger charge is 2.13. The van der Waals surface area contributed by atoms with Crippen LogP contribution in [0.5, 0.6) is 0 Å². The third kappa shape index (κ3) is 2.97. The summed E-state index contributed by atoms with van der Waals surface area (Å²) in [4.78, 5) is 12.8. The molecule has 0 spiro atoms. The number of benzene rings is 1. The van der Waals surface area contributed by atoms with Gasteiger partial charge < -0.3 is 0 Å². The van der Waals surface area contributed by atoms with Gasteiger partial charge in [0.25, 0.3) is 0 Å². The zero-order chi connectivity index (χ0) is 11.3. The lowest BCUT2D eigenvalue weighted by atomic mass is 10.2. The van der Waals surface area contributed by atoms with Crippen molar-refractivity contribution in [1.29, 1.82) is 5.26 Å². The molecule has 0 fully saturated rings. The largest absolute Gasteiger partial charge is 0.298 e. The monoisotopic (exact) mass is 222 g/mol. The number of carbonyl (C=O) groups is 1. The quantitative estimate of drug-likeness (QED) is 0.581. The number of hydrogen-bond acceptors (Lipinski definition) is 2. The van der Waals surface area contributed by atoms with Crippen molar-refractivity contribution >= 4 is 23.2 Å². The first-order chi connectivity index (χ1) is 7.19. The molecule has 3 nitrogen and oxygen atoms in total. The first kappa shape index (κ1) is 11.5. The fraction of sp³-hybridized carbons (Fsp3) is 0.273. The Kier molecular flexibility index (Phi) is 4.14. The number of hydrogen-bond donors (Lipinski definition) is 0. The summed E-state index contributed by atoms with van der Waals surface area (Å²) in [5, 5.41) is 8.61. The Bertz CT molecular complexity index is 381. The second kappa shape index (κ2) is 5.38. The molecule has 0 heterocycles. The number of alkyl halides is 1. The van der Waals surface area contributed by atoms with E-state index in [1.807, 2.05) is 25.1 Å². The van der Waals surface area contributed by atoms with Gasteiger partial charge in [0, 0.05) is 5.69 Å². The second-order valence-electron chi connectivity index (χ2n) is 3.11. The Labute approximate surface area is 93.9 Å². The maximum Gasteiger partial charge on any atom is 0.242 e. The van der Waals surface area contributed by atoms with Crippen LogP contribution in [0, 0.1) is 18.3 Å². The topological polar surface area (TPSA) is 44.1 Å². The summed E-state index contributed by atoms with van der Waals surface area (Å²) in [6.07, 6.45) is 0. The lowest BCUT2D eigenvalue weighted by Crippen LogP contribution is -2.32. The Hall–Kier alpha value is -1.53. The number of halogens is 1. The van der Waals surface area contributed by atoms with Gasteiger partial charge in [-0.05, 0) is 19.1 Å². The van der Waals surface area contributed by atoms with E-state index in [-0.39, 0.29) is 18.3 Å². The third-order valence-corrected chi connectivity index (χ3v) is 2.22. The van der Waals surface area contributed by atoms with E-state index in [1.165, 1.54) is 4.90 Å². The third-order valence-electron chi connectivity index (χ3n) is 1.99. The van der Waals surface area contributed by atoms with E-state index >= 15 is 0 Å². The number of aryl methyl sites for hydroxylation is 1. The summed E-state index contributed by atoms with van der Waals surface area (Å²) in [5.41, 5.74) is 1.81. The predicted octanol–water partition coefficient (Wildman–Crippen LogP) is 2.09. The van der Waals surface area contributed by atoms with Gasteiger partial charge in [-0.2, -0.15) is 5.26 Å². The van der Waals surface area contributed by atoms with Gasteiger partial charge in [0.05, 0.1) is 6.07 Å². The van der Waals surface area contributed by atoms with Crippen LogP contribution in [0.2, 0.25) is 0 Å². The number of nitriles is 1. The first-order valence-corrected chi connectivity index (χ1v) is 5.02. The minimum atomic E-state index is -0.262. The molecule has 78 valence electrons. The summed E-state index contributed by atoms with van der Waals surface area (Å²) >= 11 is 5.46. The van der Waals surface area contributed by atoms with Crippen LogP contribution in [0.25, 0.3) is 0 Å². The first-order valence-electron chi connectivity index (χ1n) is 4.49. The SMILES string of the molecule is Cc1ccc(N(CC#N)C(=O)CCl)cc1. The van der Waals surface area contributed by atoms with Crippen molar-refractivity contribution in [3.05, 3.63) is 29.8 Å². The maximum absolute atomic E-state index is 11.4. The molecule has 0 aliphatic rings. The van der Waals surface area contributed by atoms with E-state index in [1.54, 1.807) is 12.1 Å². The highest BCUT2D eigenvalue weighted by molar-refractivity contribution is 6.29. The molecule has 1 rings (SSSR count). The molecule has 0 unspecified atom stereocenters. The number of nitrogens with zero attached hydrogens (tertiary/aromatic N) is 2. The molecule has 15 heavy (non-hydrogen) atoms. The van der Waals surface area contributed by atoms with Crippen LogP contribution in [-0.2, 0) is 4.79 Å². The van der Waals surface area contributed by atoms with Crippen molar-refractivity contribution < 1.29 is 4.79 Å². The Morgan fingerprint density at radius 2 is 2.07 bits per heavy atom. The normalized spacial score (nSPS) is 9.40. The maximum atomic E-state index is 11.4. The van der Waals surface area contributed by atoms with E-state index in [0.717, 1.165) is 5.56 Å². The van der Waals surface area contributed by atoms with Gasteiger partial charge in [0.1, 0.15) is 12.4 Å². The molecule has 0 radical (unpaired) electrons. The van der Waals surface area contributed by atoms with Crippen LogP contribution in [0.1, 0.15) is 5.56 Å². The summed E-state index contributed by atoms with van der Waals surface area (Å²) in [6, 6.07) is 9.33. The van der Waals surface area contributed by atoms with E-state index < -0.39 is 0 Å². The molecule has 1 amide bonds. The van der Waals surface area contributed by atoms with Crippen LogP contribution in [0.3, 0.4) is 0 Å². The number of carbonyl (C=O) groups excluding carboxylic acids is 1. The summed E-state index contributed by atoms with van der Waals surface area (Å²) < 4.78 is 0. The molecule has 4 heteroatoms. The molecule has 0 saturated carbocycles. The molecular weight excluding hydrogens is 212 g/mol. The van der Waals surface area contributed by atoms with Gasteiger partial charge in [0.15, 0.2) is 0 Å². The molecule has 0 atom stereocenters. The van der Waals surface area contributed by atoms with E-state index in [0.29, 0.717) is 5.69 Å². The molecule has 0 aliphatic carbocycles. The molecule has 1 aromatic carbocycles. The van der Waals surface area contributed by atoms with E-state index in [2.05, 4.69) is 0 Å². The van der Waals surface area contributed by atoms with Crippen molar-refractivity contribution in [2.24, 2.45) is 0 Å². The van der Waals surface area contributed by atoms with Gasteiger partial charge in [-0.15, -0.1) is 11.6 Å². The molecule has 0 N–H and O–H groups in total. The summed E-state index contributed by atoms with van der Waals surface area (Å²) in [6.45, 7) is 1.98. The lowest BCUT2D eigenvalue weighted by Gasteiger charge is -2.18. The molecule has 0 aromatic heterocycles. The van der Waals surface area contributed by atoms with Crippen LogP contribution in [0.15, 0.2) is 24.3 Å². The van der Waals surface area contributed by atoms with Gasteiger partial charge in [0.2, 0.25) is 5.91 Å². The van der Waals surface area contributed by atoms with Crippen molar-refractivity contribution in [2.45, 2.75) is 6.92 Å². The van der Waals surface area contributed by atoms with Crippen molar-refractivity contribution in [2.75, 3.05) is 17.3 Å². The summed E-state index contributed by atoms with van der Waals surface area (Å²) in [7, 11) is 0. The minimum absolute atomic E-state index is 0.0224. The number of amides is 1. The highest BCUT2D eigenvalue weighted by atomic mass is 35.5.